The number of hydrogen-bond donors (Lipinski definition) is 1. The molecule has 2 aromatic rings. The van der Waals surface area contributed by atoms with Crippen molar-refractivity contribution in [2.45, 2.75) is 39.5 Å². The van der Waals surface area contributed by atoms with Crippen LogP contribution in [0.2, 0.25) is 0 Å². The SMILES string of the molecule is CC[C@@H](C)NCc1cc(Br)ccc1OCc1ccccc1. The maximum Gasteiger partial charge on any atom is 0.124 e. The molecule has 0 aliphatic rings. The Hall–Kier alpha value is -1.32. The molecule has 0 bridgehead atoms. The first-order valence-corrected chi connectivity index (χ1v) is 8.17. The smallest absolute Gasteiger partial charge is 0.124 e. The van der Waals surface area contributed by atoms with Gasteiger partial charge in [0.1, 0.15) is 12.4 Å². The molecule has 0 aliphatic heterocycles. The van der Waals surface area contributed by atoms with Crippen molar-refractivity contribution in [3.05, 3.63) is 64.1 Å². The van der Waals surface area contributed by atoms with Gasteiger partial charge in [0.15, 0.2) is 0 Å². The van der Waals surface area contributed by atoms with E-state index in [4.69, 9.17) is 4.74 Å². The maximum absolute atomic E-state index is 5.98. The van der Waals surface area contributed by atoms with Gasteiger partial charge in [0.25, 0.3) is 0 Å². The number of halogens is 1. The average Bonchev–Trinajstić information content (AvgIpc) is 2.52. The van der Waals surface area contributed by atoms with Crippen LogP contribution >= 0.6 is 15.9 Å². The molecule has 0 heterocycles. The van der Waals surface area contributed by atoms with Gasteiger partial charge in [-0.3, -0.25) is 0 Å². The summed E-state index contributed by atoms with van der Waals surface area (Å²) in [4.78, 5) is 0. The maximum atomic E-state index is 5.98. The molecule has 2 nitrogen and oxygen atoms in total. The van der Waals surface area contributed by atoms with Crippen molar-refractivity contribution in [3.63, 3.8) is 0 Å². The topological polar surface area (TPSA) is 21.3 Å². The summed E-state index contributed by atoms with van der Waals surface area (Å²) in [6.07, 6.45) is 1.12. The third-order valence-electron chi connectivity index (χ3n) is 3.51. The van der Waals surface area contributed by atoms with E-state index in [-0.39, 0.29) is 0 Å². The van der Waals surface area contributed by atoms with Gasteiger partial charge in [-0.2, -0.15) is 0 Å². The molecule has 2 rings (SSSR count). The quantitative estimate of drug-likeness (QED) is 0.767. The van der Waals surface area contributed by atoms with Crippen LogP contribution in [-0.4, -0.2) is 6.04 Å². The van der Waals surface area contributed by atoms with Gasteiger partial charge in [-0.1, -0.05) is 53.2 Å². The molecule has 21 heavy (non-hydrogen) atoms. The Morgan fingerprint density at radius 2 is 1.90 bits per heavy atom. The molecule has 0 saturated carbocycles. The molecule has 0 radical (unpaired) electrons. The lowest BCUT2D eigenvalue weighted by Gasteiger charge is -2.15. The third kappa shape index (κ3) is 5.18. The molecule has 0 amide bonds. The van der Waals surface area contributed by atoms with Crippen molar-refractivity contribution in [1.29, 1.82) is 0 Å². The molecule has 3 heteroatoms. The first-order chi connectivity index (χ1) is 10.2. The third-order valence-corrected chi connectivity index (χ3v) is 4.01. The Kier molecular flexibility index (Phi) is 6.27. The van der Waals surface area contributed by atoms with E-state index in [9.17, 15) is 0 Å². The monoisotopic (exact) mass is 347 g/mol. The van der Waals surface area contributed by atoms with Crippen LogP contribution in [0, 0.1) is 0 Å². The highest BCUT2D eigenvalue weighted by Crippen LogP contribution is 2.24. The van der Waals surface area contributed by atoms with Crippen LogP contribution in [0.3, 0.4) is 0 Å². The Labute approximate surface area is 135 Å². The van der Waals surface area contributed by atoms with Gasteiger partial charge in [-0.05, 0) is 37.1 Å². The molecule has 1 atom stereocenters. The fourth-order valence-electron chi connectivity index (χ4n) is 1.99. The lowest BCUT2D eigenvalue weighted by molar-refractivity contribution is 0.301. The minimum atomic E-state index is 0.506. The van der Waals surface area contributed by atoms with Gasteiger partial charge in [-0.15, -0.1) is 0 Å². The highest BCUT2D eigenvalue weighted by Gasteiger charge is 2.07. The second kappa shape index (κ2) is 8.20. The standard InChI is InChI=1S/C18H22BrNO/c1-3-14(2)20-12-16-11-17(19)9-10-18(16)21-13-15-7-5-4-6-8-15/h4-11,14,20H,3,12-13H2,1-2H3/t14-/m1/s1. The van der Waals surface area contributed by atoms with E-state index >= 15 is 0 Å². The minimum Gasteiger partial charge on any atom is -0.489 e. The number of nitrogens with one attached hydrogen (secondary N) is 1. The van der Waals surface area contributed by atoms with E-state index in [2.05, 4.69) is 53.3 Å². The molecular weight excluding hydrogens is 326 g/mol. The lowest BCUT2D eigenvalue weighted by Crippen LogP contribution is -2.24. The van der Waals surface area contributed by atoms with Crippen LogP contribution < -0.4 is 10.1 Å². The molecule has 0 saturated heterocycles. The molecule has 1 N–H and O–H groups in total. The van der Waals surface area contributed by atoms with E-state index in [1.54, 1.807) is 0 Å². The molecule has 0 spiro atoms. The molecule has 112 valence electrons. The summed E-state index contributed by atoms with van der Waals surface area (Å²) >= 11 is 3.53. The summed E-state index contributed by atoms with van der Waals surface area (Å²) in [5.74, 6) is 0.942. The van der Waals surface area contributed by atoms with Crippen LogP contribution in [-0.2, 0) is 13.2 Å². The van der Waals surface area contributed by atoms with Gasteiger partial charge in [-0.25, -0.2) is 0 Å². The molecular formula is C18H22BrNO. The summed E-state index contributed by atoms with van der Waals surface area (Å²) in [5.41, 5.74) is 2.36. The molecule has 0 aliphatic carbocycles. The fraction of sp³-hybridized carbons (Fsp3) is 0.333. The van der Waals surface area contributed by atoms with E-state index < -0.39 is 0 Å². The van der Waals surface area contributed by atoms with Crippen molar-refractivity contribution < 1.29 is 4.74 Å². The first kappa shape index (κ1) is 16.1. The summed E-state index contributed by atoms with van der Waals surface area (Å²) in [5, 5.41) is 3.51. The lowest BCUT2D eigenvalue weighted by atomic mass is 10.1. The van der Waals surface area contributed by atoms with Crippen molar-refractivity contribution >= 4 is 15.9 Å². The first-order valence-electron chi connectivity index (χ1n) is 7.37. The van der Waals surface area contributed by atoms with E-state index in [0.29, 0.717) is 12.6 Å². The summed E-state index contributed by atoms with van der Waals surface area (Å²) in [6.45, 7) is 5.80. The Balaban J connectivity index is 2.04. The van der Waals surface area contributed by atoms with Crippen LogP contribution in [0.15, 0.2) is 53.0 Å². The number of hydrogen-bond acceptors (Lipinski definition) is 2. The van der Waals surface area contributed by atoms with Crippen LogP contribution in [0.25, 0.3) is 0 Å². The zero-order valence-electron chi connectivity index (χ0n) is 12.6. The molecule has 0 aromatic heterocycles. The predicted octanol–water partition coefficient (Wildman–Crippen LogP) is 4.92. The van der Waals surface area contributed by atoms with Crippen molar-refractivity contribution in [3.8, 4) is 5.75 Å². The van der Waals surface area contributed by atoms with Gasteiger partial charge in [0.2, 0.25) is 0 Å². The number of benzene rings is 2. The van der Waals surface area contributed by atoms with Gasteiger partial charge >= 0.3 is 0 Å². The highest BCUT2D eigenvalue weighted by atomic mass is 79.9. The van der Waals surface area contributed by atoms with Gasteiger partial charge in [0, 0.05) is 22.6 Å². The van der Waals surface area contributed by atoms with Crippen molar-refractivity contribution in [1.82, 2.24) is 5.32 Å². The highest BCUT2D eigenvalue weighted by molar-refractivity contribution is 9.10. The van der Waals surface area contributed by atoms with Crippen LogP contribution in [0.4, 0.5) is 0 Å². The zero-order chi connectivity index (χ0) is 15.1. The van der Waals surface area contributed by atoms with Crippen LogP contribution in [0.1, 0.15) is 31.4 Å². The Bertz CT molecular complexity index is 556. The molecule has 0 fully saturated rings. The summed E-state index contributed by atoms with van der Waals surface area (Å²) in [6, 6.07) is 16.9. The fourth-order valence-corrected chi connectivity index (χ4v) is 2.40. The predicted molar refractivity (Wildman–Crippen MR) is 91.5 cm³/mol. The zero-order valence-corrected chi connectivity index (χ0v) is 14.2. The van der Waals surface area contributed by atoms with E-state index in [0.717, 1.165) is 23.2 Å². The average molecular weight is 348 g/mol. The van der Waals surface area contributed by atoms with Crippen molar-refractivity contribution in [2.75, 3.05) is 0 Å². The van der Waals surface area contributed by atoms with Crippen LogP contribution in [0.5, 0.6) is 5.75 Å². The molecule has 2 aromatic carbocycles. The Morgan fingerprint density at radius 1 is 1.14 bits per heavy atom. The normalized spacial score (nSPS) is 12.1. The largest absolute Gasteiger partial charge is 0.489 e. The van der Waals surface area contributed by atoms with Gasteiger partial charge < -0.3 is 10.1 Å². The minimum absolute atomic E-state index is 0.506. The summed E-state index contributed by atoms with van der Waals surface area (Å²) in [7, 11) is 0. The summed E-state index contributed by atoms with van der Waals surface area (Å²) < 4.78 is 7.06. The van der Waals surface area contributed by atoms with E-state index in [1.807, 2.05) is 30.3 Å². The van der Waals surface area contributed by atoms with Gasteiger partial charge in [0.05, 0.1) is 0 Å². The molecule has 0 unspecified atom stereocenters. The van der Waals surface area contributed by atoms with E-state index in [1.165, 1.54) is 11.1 Å². The number of rotatable bonds is 7. The second-order valence-corrected chi connectivity index (χ2v) is 6.13. The number of ether oxygens (including phenoxy) is 1. The Morgan fingerprint density at radius 3 is 2.62 bits per heavy atom. The second-order valence-electron chi connectivity index (χ2n) is 5.22. The van der Waals surface area contributed by atoms with Crippen molar-refractivity contribution in [2.24, 2.45) is 0 Å².